The van der Waals surface area contributed by atoms with Gasteiger partial charge in [-0.05, 0) is 59.8 Å². The summed E-state index contributed by atoms with van der Waals surface area (Å²) < 4.78 is 33.1. The van der Waals surface area contributed by atoms with Crippen LogP contribution in [0.1, 0.15) is 25.7 Å². The zero-order valence-electron chi connectivity index (χ0n) is 11.3. The number of ether oxygens (including phenoxy) is 1. The molecule has 0 aromatic heterocycles. The molecule has 0 atom stereocenters. The van der Waals surface area contributed by atoms with E-state index >= 15 is 0 Å². The summed E-state index contributed by atoms with van der Waals surface area (Å²) in [4.78, 5) is 0.236. The number of hydrogen-bond acceptors (Lipinski definition) is 4. The van der Waals surface area contributed by atoms with Crippen LogP contribution in [0.25, 0.3) is 0 Å². The Balaban J connectivity index is 2.12. The van der Waals surface area contributed by atoms with Gasteiger partial charge in [0.1, 0.15) is 5.75 Å². The second-order valence-corrected chi connectivity index (χ2v) is 7.60. The first-order valence-electron chi connectivity index (χ1n) is 6.54. The van der Waals surface area contributed by atoms with E-state index in [-0.39, 0.29) is 17.0 Å². The molecular weight excluding hydrogens is 344 g/mol. The number of benzene rings is 1. The zero-order chi connectivity index (χ0) is 14.8. The van der Waals surface area contributed by atoms with E-state index in [0.29, 0.717) is 10.2 Å². The normalized spacial score (nSPS) is 23.6. The summed E-state index contributed by atoms with van der Waals surface area (Å²) >= 11 is 3.30. The van der Waals surface area contributed by atoms with E-state index < -0.39 is 10.0 Å². The van der Waals surface area contributed by atoms with Crippen molar-refractivity contribution in [1.29, 1.82) is 0 Å². The van der Waals surface area contributed by atoms with E-state index in [0.717, 1.165) is 25.7 Å². The summed E-state index contributed by atoms with van der Waals surface area (Å²) in [5.41, 5.74) is 5.83. The molecule has 0 radical (unpaired) electrons. The van der Waals surface area contributed by atoms with Crippen LogP contribution < -0.4 is 15.2 Å². The van der Waals surface area contributed by atoms with Crippen LogP contribution >= 0.6 is 15.9 Å². The van der Waals surface area contributed by atoms with Crippen molar-refractivity contribution in [2.45, 2.75) is 42.7 Å². The smallest absolute Gasteiger partial charge is 0.240 e. The largest absolute Gasteiger partial charge is 0.496 e. The van der Waals surface area contributed by atoms with E-state index in [2.05, 4.69) is 20.7 Å². The Kier molecular flexibility index (Phi) is 5.06. The van der Waals surface area contributed by atoms with E-state index in [9.17, 15) is 8.42 Å². The number of methoxy groups -OCH3 is 1. The van der Waals surface area contributed by atoms with Crippen molar-refractivity contribution >= 4 is 26.0 Å². The molecule has 0 bridgehead atoms. The van der Waals surface area contributed by atoms with Gasteiger partial charge in [-0.2, -0.15) is 0 Å². The third-order valence-corrected chi connectivity index (χ3v) is 5.67. The van der Waals surface area contributed by atoms with E-state index in [1.165, 1.54) is 7.11 Å². The van der Waals surface area contributed by atoms with Gasteiger partial charge in [0.05, 0.1) is 16.5 Å². The molecule has 3 N–H and O–H groups in total. The van der Waals surface area contributed by atoms with Crippen molar-refractivity contribution in [3.63, 3.8) is 0 Å². The van der Waals surface area contributed by atoms with Crippen molar-refractivity contribution in [3.05, 3.63) is 22.7 Å². The van der Waals surface area contributed by atoms with Gasteiger partial charge in [-0.25, -0.2) is 13.1 Å². The third kappa shape index (κ3) is 3.72. The highest BCUT2D eigenvalue weighted by molar-refractivity contribution is 9.10. The van der Waals surface area contributed by atoms with Crippen LogP contribution in [0.15, 0.2) is 27.6 Å². The molecule has 112 valence electrons. The van der Waals surface area contributed by atoms with Crippen LogP contribution in [0.4, 0.5) is 0 Å². The number of nitrogens with two attached hydrogens (primary N) is 1. The molecule has 0 amide bonds. The van der Waals surface area contributed by atoms with Crippen LogP contribution in [0.2, 0.25) is 0 Å². The zero-order valence-corrected chi connectivity index (χ0v) is 13.7. The quantitative estimate of drug-likeness (QED) is 0.858. The molecule has 0 unspecified atom stereocenters. The van der Waals surface area contributed by atoms with Crippen molar-refractivity contribution in [2.24, 2.45) is 5.73 Å². The molecule has 1 aliphatic carbocycles. The van der Waals surface area contributed by atoms with Gasteiger partial charge >= 0.3 is 0 Å². The van der Waals surface area contributed by atoms with Gasteiger partial charge in [-0.3, -0.25) is 0 Å². The number of nitrogens with one attached hydrogen (secondary N) is 1. The van der Waals surface area contributed by atoms with Crippen molar-refractivity contribution < 1.29 is 13.2 Å². The van der Waals surface area contributed by atoms with Gasteiger partial charge in [0.2, 0.25) is 10.0 Å². The first-order chi connectivity index (χ1) is 9.42. The predicted octanol–water partition coefficient (Wildman–Crippen LogP) is 2.01. The highest BCUT2D eigenvalue weighted by Gasteiger charge is 2.24. The van der Waals surface area contributed by atoms with Crippen LogP contribution in [-0.2, 0) is 10.0 Å². The van der Waals surface area contributed by atoms with Crippen LogP contribution in [0, 0.1) is 0 Å². The first kappa shape index (κ1) is 15.8. The van der Waals surface area contributed by atoms with Gasteiger partial charge in [-0.15, -0.1) is 0 Å². The molecule has 1 saturated carbocycles. The molecule has 20 heavy (non-hydrogen) atoms. The minimum absolute atomic E-state index is 0.0272. The Morgan fingerprint density at radius 3 is 2.50 bits per heavy atom. The lowest BCUT2D eigenvalue weighted by Gasteiger charge is -2.26. The molecular formula is C13H19BrN2O3S. The highest BCUT2D eigenvalue weighted by Crippen LogP contribution is 2.28. The minimum Gasteiger partial charge on any atom is -0.496 e. The molecule has 1 aromatic carbocycles. The molecule has 0 aliphatic heterocycles. The van der Waals surface area contributed by atoms with Gasteiger partial charge < -0.3 is 10.5 Å². The summed E-state index contributed by atoms with van der Waals surface area (Å²) in [6, 6.07) is 4.90. The van der Waals surface area contributed by atoms with Crippen LogP contribution in [0.3, 0.4) is 0 Å². The summed E-state index contributed by atoms with van der Waals surface area (Å²) in [5.74, 6) is 0.604. The number of sulfonamides is 1. The number of halogens is 1. The van der Waals surface area contributed by atoms with Crippen molar-refractivity contribution in [1.82, 2.24) is 4.72 Å². The Hall–Kier alpha value is -0.630. The van der Waals surface area contributed by atoms with Gasteiger partial charge in [0.15, 0.2) is 0 Å². The summed E-state index contributed by atoms with van der Waals surface area (Å²) in [5, 5.41) is 0. The molecule has 1 fully saturated rings. The lowest BCUT2D eigenvalue weighted by atomic mass is 9.93. The number of rotatable bonds is 4. The molecule has 7 heteroatoms. The molecule has 5 nitrogen and oxygen atoms in total. The lowest BCUT2D eigenvalue weighted by Crippen LogP contribution is -2.40. The number of hydrogen-bond donors (Lipinski definition) is 2. The topological polar surface area (TPSA) is 81.4 Å². The Bertz CT molecular complexity index is 569. The fraction of sp³-hybridized carbons (Fsp3) is 0.538. The minimum atomic E-state index is -3.50. The van der Waals surface area contributed by atoms with Gasteiger partial charge in [-0.1, -0.05) is 0 Å². The monoisotopic (exact) mass is 362 g/mol. The maximum atomic E-state index is 12.3. The van der Waals surface area contributed by atoms with E-state index in [1.807, 2.05) is 0 Å². The second-order valence-electron chi connectivity index (χ2n) is 5.03. The van der Waals surface area contributed by atoms with Gasteiger partial charge in [0, 0.05) is 12.1 Å². The summed E-state index contributed by atoms with van der Waals surface area (Å²) in [6.07, 6.45) is 3.30. The van der Waals surface area contributed by atoms with E-state index in [4.69, 9.17) is 10.5 Å². The Labute approximate surface area is 128 Å². The lowest BCUT2D eigenvalue weighted by molar-refractivity contribution is 0.373. The first-order valence-corrected chi connectivity index (χ1v) is 8.81. The maximum absolute atomic E-state index is 12.3. The Morgan fingerprint density at radius 2 is 1.95 bits per heavy atom. The average molecular weight is 363 g/mol. The average Bonchev–Trinajstić information content (AvgIpc) is 2.41. The standard InChI is InChI=1S/C13H19BrN2O3S/c1-19-13-7-6-11(8-12(13)14)20(17,18)16-10-4-2-9(15)3-5-10/h6-10,16H,2-5,15H2,1H3. The van der Waals surface area contributed by atoms with Crippen LogP contribution in [0.5, 0.6) is 5.75 Å². The maximum Gasteiger partial charge on any atom is 0.240 e. The highest BCUT2D eigenvalue weighted by atomic mass is 79.9. The second kappa shape index (κ2) is 6.43. The van der Waals surface area contributed by atoms with Crippen molar-refractivity contribution in [3.8, 4) is 5.75 Å². The molecule has 0 heterocycles. The summed E-state index contributed by atoms with van der Waals surface area (Å²) in [7, 11) is -1.96. The third-order valence-electron chi connectivity index (χ3n) is 3.53. The molecule has 0 spiro atoms. The van der Waals surface area contributed by atoms with E-state index in [1.54, 1.807) is 18.2 Å². The SMILES string of the molecule is COc1ccc(S(=O)(=O)NC2CCC(N)CC2)cc1Br. The van der Waals surface area contributed by atoms with Gasteiger partial charge in [0.25, 0.3) is 0 Å². The Morgan fingerprint density at radius 1 is 1.30 bits per heavy atom. The van der Waals surface area contributed by atoms with Crippen molar-refractivity contribution in [2.75, 3.05) is 7.11 Å². The fourth-order valence-electron chi connectivity index (χ4n) is 2.34. The molecule has 1 aromatic rings. The molecule has 2 rings (SSSR count). The van der Waals surface area contributed by atoms with Crippen LogP contribution in [-0.4, -0.2) is 27.6 Å². The predicted molar refractivity (Wildman–Crippen MR) is 81.2 cm³/mol. The summed E-state index contributed by atoms with van der Waals surface area (Å²) in [6.45, 7) is 0. The molecule has 0 saturated heterocycles. The molecule has 1 aliphatic rings. The fourth-order valence-corrected chi connectivity index (χ4v) is 4.36.